The van der Waals surface area contributed by atoms with E-state index < -0.39 is 6.16 Å². The van der Waals surface area contributed by atoms with Crippen molar-refractivity contribution in [2.45, 2.75) is 55.7 Å². The number of halogens is 1. The second-order valence-corrected chi connectivity index (χ2v) is 5.80. The van der Waals surface area contributed by atoms with Gasteiger partial charge in [0, 0.05) is 17.7 Å². The number of alkyl halides is 1. The first-order chi connectivity index (χ1) is 8.70. The lowest BCUT2D eigenvalue weighted by atomic mass is 10.1. The molecule has 18 heavy (non-hydrogen) atoms. The average Bonchev–Trinajstić information content (AvgIpc) is 2.48. The Hall–Kier alpha value is -0.550. The van der Waals surface area contributed by atoms with Crippen LogP contribution in [0, 0.1) is 0 Å². The molecule has 0 aromatic rings. The van der Waals surface area contributed by atoms with Gasteiger partial charge in [-0.25, -0.2) is 4.79 Å². The molecule has 0 bridgehead atoms. The zero-order valence-electron chi connectivity index (χ0n) is 10.5. The lowest BCUT2D eigenvalue weighted by Crippen LogP contribution is -2.36. The molecule has 0 unspecified atom stereocenters. The number of cyclic esters (lactones) is 1. The van der Waals surface area contributed by atoms with Gasteiger partial charge in [-0.05, 0) is 12.8 Å². The van der Waals surface area contributed by atoms with Crippen molar-refractivity contribution in [3.8, 4) is 0 Å². The standard InChI is InChI=1S/C13H19BrO4/c1-2-10-9(14)5-3-4-6-11-12(17-10)7-8-16-13(15)18-11/h3-4,9-12H,2,5-8H2,1H3/b4-3-/t9-,10+,11-,12-/m0/s1. The summed E-state index contributed by atoms with van der Waals surface area (Å²) in [5.41, 5.74) is 0. The quantitative estimate of drug-likeness (QED) is 0.423. The summed E-state index contributed by atoms with van der Waals surface area (Å²) in [6, 6.07) is 0. The number of allylic oxidation sites excluding steroid dienone is 1. The highest BCUT2D eigenvalue weighted by Gasteiger charge is 2.33. The topological polar surface area (TPSA) is 44.8 Å². The Morgan fingerprint density at radius 2 is 2.11 bits per heavy atom. The van der Waals surface area contributed by atoms with Crippen molar-refractivity contribution in [3.63, 3.8) is 0 Å². The molecule has 0 N–H and O–H groups in total. The summed E-state index contributed by atoms with van der Waals surface area (Å²) in [4.78, 5) is 11.6. The van der Waals surface area contributed by atoms with Crippen molar-refractivity contribution in [3.05, 3.63) is 12.2 Å². The van der Waals surface area contributed by atoms with E-state index in [1.165, 1.54) is 0 Å². The summed E-state index contributed by atoms with van der Waals surface area (Å²) in [5, 5.41) is 0. The highest BCUT2D eigenvalue weighted by Crippen LogP contribution is 2.26. The van der Waals surface area contributed by atoms with Gasteiger partial charge in [-0.3, -0.25) is 0 Å². The molecule has 0 radical (unpaired) electrons. The second kappa shape index (κ2) is 6.57. The third-order valence-electron chi connectivity index (χ3n) is 3.34. The highest BCUT2D eigenvalue weighted by molar-refractivity contribution is 9.09. The molecule has 1 fully saturated rings. The molecule has 102 valence electrons. The average molecular weight is 319 g/mol. The fourth-order valence-corrected chi connectivity index (χ4v) is 3.02. The first-order valence-electron chi connectivity index (χ1n) is 6.48. The van der Waals surface area contributed by atoms with E-state index in [-0.39, 0.29) is 18.3 Å². The van der Waals surface area contributed by atoms with Gasteiger partial charge in [0.25, 0.3) is 0 Å². The van der Waals surface area contributed by atoms with Crippen molar-refractivity contribution < 1.29 is 19.0 Å². The Morgan fingerprint density at radius 3 is 2.89 bits per heavy atom. The van der Waals surface area contributed by atoms with Crippen LogP contribution in [0.3, 0.4) is 0 Å². The number of hydrogen-bond acceptors (Lipinski definition) is 4. The van der Waals surface area contributed by atoms with Crippen LogP contribution in [0.4, 0.5) is 4.79 Å². The van der Waals surface area contributed by atoms with Gasteiger partial charge < -0.3 is 14.2 Å². The maximum atomic E-state index is 11.3. The molecule has 2 aliphatic heterocycles. The first-order valence-corrected chi connectivity index (χ1v) is 7.40. The van der Waals surface area contributed by atoms with Crippen LogP contribution in [0.25, 0.3) is 0 Å². The Kier molecular flexibility index (Phi) is 5.06. The highest BCUT2D eigenvalue weighted by atomic mass is 79.9. The molecule has 4 nitrogen and oxygen atoms in total. The molecule has 0 saturated carbocycles. The summed E-state index contributed by atoms with van der Waals surface area (Å²) in [7, 11) is 0. The lowest BCUT2D eigenvalue weighted by Gasteiger charge is -2.28. The van der Waals surface area contributed by atoms with Crippen LogP contribution < -0.4 is 0 Å². The van der Waals surface area contributed by atoms with E-state index in [0.717, 1.165) is 12.8 Å². The molecule has 0 aliphatic carbocycles. The largest absolute Gasteiger partial charge is 0.508 e. The predicted molar refractivity (Wildman–Crippen MR) is 70.9 cm³/mol. The van der Waals surface area contributed by atoms with Crippen LogP contribution in [-0.4, -0.2) is 35.9 Å². The van der Waals surface area contributed by atoms with Gasteiger partial charge in [-0.1, -0.05) is 35.0 Å². The van der Waals surface area contributed by atoms with Crippen molar-refractivity contribution >= 4 is 22.1 Å². The maximum Gasteiger partial charge on any atom is 0.508 e. The van der Waals surface area contributed by atoms with Gasteiger partial charge in [0.2, 0.25) is 0 Å². The lowest BCUT2D eigenvalue weighted by molar-refractivity contribution is -0.0751. The van der Waals surface area contributed by atoms with Crippen molar-refractivity contribution in [2.24, 2.45) is 0 Å². The van der Waals surface area contributed by atoms with E-state index >= 15 is 0 Å². The van der Waals surface area contributed by atoms with E-state index in [2.05, 4.69) is 35.0 Å². The molecule has 4 atom stereocenters. The number of carbonyl (C=O) groups is 1. The molecular formula is C13H19BrO4. The van der Waals surface area contributed by atoms with Crippen molar-refractivity contribution in [1.82, 2.24) is 0 Å². The summed E-state index contributed by atoms with van der Waals surface area (Å²) >= 11 is 3.67. The number of ether oxygens (including phenoxy) is 3. The predicted octanol–water partition coefficient (Wildman–Crippen LogP) is 3.19. The summed E-state index contributed by atoms with van der Waals surface area (Å²) < 4.78 is 16.3. The molecule has 1 saturated heterocycles. The van der Waals surface area contributed by atoms with Gasteiger partial charge >= 0.3 is 6.16 Å². The zero-order chi connectivity index (χ0) is 13.0. The minimum Gasteiger partial charge on any atom is -0.434 e. The van der Waals surface area contributed by atoms with Gasteiger partial charge in [0.15, 0.2) is 0 Å². The summed E-state index contributed by atoms with van der Waals surface area (Å²) in [6.07, 6.45) is 6.67. The normalized spacial score (nSPS) is 39.1. The Labute approximate surface area is 116 Å². The van der Waals surface area contributed by atoms with E-state index in [9.17, 15) is 4.79 Å². The van der Waals surface area contributed by atoms with Crippen LogP contribution in [0.1, 0.15) is 32.6 Å². The number of carbonyl (C=O) groups excluding carboxylic acids is 1. The SMILES string of the molecule is CC[C@H]1O[C@H]2CCOC(=O)O[C@H]2C/C=C\C[C@@H]1Br. The first kappa shape index (κ1) is 13.9. The van der Waals surface area contributed by atoms with E-state index in [0.29, 0.717) is 24.3 Å². The maximum absolute atomic E-state index is 11.3. The molecule has 2 rings (SSSR count). The molecule has 0 aromatic carbocycles. The Balaban J connectivity index is 2.12. The third-order valence-corrected chi connectivity index (χ3v) is 4.30. The van der Waals surface area contributed by atoms with E-state index in [1.54, 1.807) is 0 Å². The second-order valence-electron chi connectivity index (χ2n) is 4.62. The summed E-state index contributed by atoms with van der Waals surface area (Å²) in [6.45, 7) is 2.47. The monoisotopic (exact) mass is 318 g/mol. The van der Waals surface area contributed by atoms with Crippen LogP contribution in [0.5, 0.6) is 0 Å². The van der Waals surface area contributed by atoms with Crippen LogP contribution in [0.15, 0.2) is 12.2 Å². The number of fused-ring (bicyclic) bond motifs is 1. The van der Waals surface area contributed by atoms with Gasteiger partial charge in [-0.2, -0.15) is 0 Å². The van der Waals surface area contributed by atoms with Gasteiger partial charge in [-0.15, -0.1) is 0 Å². The molecule has 5 heteroatoms. The van der Waals surface area contributed by atoms with Crippen LogP contribution in [-0.2, 0) is 14.2 Å². The number of rotatable bonds is 1. The van der Waals surface area contributed by atoms with E-state index in [4.69, 9.17) is 14.2 Å². The van der Waals surface area contributed by atoms with Crippen molar-refractivity contribution in [2.75, 3.05) is 6.61 Å². The minimum absolute atomic E-state index is 0.0794. The molecule has 0 aromatic heterocycles. The third kappa shape index (κ3) is 3.48. The smallest absolute Gasteiger partial charge is 0.434 e. The fraction of sp³-hybridized carbons (Fsp3) is 0.769. The molecule has 2 heterocycles. The minimum atomic E-state index is -0.581. The summed E-state index contributed by atoms with van der Waals surface area (Å²) in [5.74, 6) is 0. The zero-order valence-corrected chi connectivity index (χ0v) is 12.1. The van der Waals surface area contributed by atoms with E-state index in [1.807, 2.05) is 0 Å². The fourth-order valence-electron chi connectivity index (χ4n) is 2.30. The van der Waals surface area contributed by atoms with Crippen LogP contribution >= 0.6 is 15.9 Å². The number of hydrogen-bond donors (Lipinski definition) is 0. The van der Waals surface area contributed by atoms with Crippen LogP contribution in [0.2, 0.25) is 0 Å². The Bertz CT molecular complexity index is 318. The van der Waals surface area contributed by atoms with Gasteiger partial charge in [0.05, 0.1) is 18.8 Å². The van der Waals surface area contributed by atoms with Crippen molar-refractivity contribution in [1.29, 1.82) is 0 Å². The molecular weight excluding hydrogens is 300 g/mol. The molecule has 2 aliphatic rings. The molecule has 0 spiro atoms. The Morgan fingerprint density at radius 1 is 1.33 bits per heavy atom. The molecule has 0 amide bonds. The van der Waals surface area contributed by atoms with Gasteiger partial charge in [0.1, 0.15) is 6.10 Å².